The average Bonchev–Trinajstić information content (AvgIpc) is 2.56. The monoisotopic (exact) mass is 296 g/mol. The summed E-state index contributed by atoms with van der Waals surface area (Å²) in [4.78, 5) is 12.3. The number of nitrogens with zero attached hydrogens (tertiary/aromatic N) is 2. The molecule has 2 rings (SSSR count). The molecule has 0 bridgehead atoms. The van der Waals surface area contributed by atoms with E-state index >= 15 is 0 Å². The average molecular weight is 296 g/mol. The Balaban J connectivity index is 2.67. The van der Waals surface area contributed by atoms with Gasteiger partial charge in [0.1, 0.15) is 11.6 Å². The highest BCUT2D eigenvalue weighted by Crippen LogP contribution is 2.32. The maximum absolute atomic E-state index is 12.3. The molecule has 112 valence electrons. The molecule has 1 aromatic carbocycles. The van der Waals surface area contributed by atoms with Gasteiger partial charge in [0.25, 0.3) is 5.56 Å². The summed E-state index contributed by atoms with van der Waals surface area (Å²) in [5, 5.41) is 9.00. The fourth-order valence-corrected chi connectivity index (χ4v) is 2.22. The van der Waals surface area contributed by atoms with E-state index in [4.69, 9.17) is 14.7 Å². The first-order valence-corrected chi connectivity index (χ1v) is 6.63. The van der Waals surface area contributed by atoms with E-state index in [1.54, 1.807) is 38.5 Å². The largest absolute Gasteiger partial charge is 0.493 e. The molecule has 0 aliphatic carbocycles. The number of ether oxygens (including phenoxy) is 2. The number of aromatic nitrogens is 1. The maximum Gasteiger partial charge on any atom is 0.269 e. The molecule has 1 heterocycles. The summed E-state index contributed by atoms with van der Waals surface area (Å²) in [5.74, 6) is 1.18. The Morgan fingerprint density at radius 2 is 1.95 bits per heavy atom. The standard InChI is InChI=1S/C17H16N2O3/c1-4-9-19-14(7-5-13(11-18)17(19)20)12-6-8-15(21-2)16(10-12)22-3/h4-8,10H,1,9H2,2-3H3. The van der Waals surface area contributed by atoms with Gasteiger partial charge in [0.05, 0.1) is 19.9 Å². The van der Waals surface area contributed by atoms with Gasteiger partial charge >= 0.3 is 0 Å². The van der Waals surface area contributed by atoms with Crippen LogP contribution in [0.25, 0.3) is 11.3 Å². The molecular weight excluding hydrogens is 280 g/mol. The number of pyridine rings is 1. The van der Waals surface area contributed by atoms with Gasteiger partial charge in [-0.3, -0.25) is 4.79 Å². The Kier molecular flexibility index (Phi) is 4.64. The molecule has 0 radical (unpaired) electrons. The summed E-state index contributed by atoms with van der Waals surface area (Å²) in [6.07, 6.45) is 1.62. The molecular formula is C17H16N2O3. The molecule has 1 aromatic heterocycles. The van der Waals surface area contributed by atoms with Gasteiger partial charge < -0.3 is 14.0 Å². The Morgan fingerprint density at radius 1 is 1.23 bits per heavy atom. The third kappa shape index (κ3) is 2.72. The number of hydrogen-bond acceptors (Lipinski definition) is 4. The normalized spacial score (nSPS) is 9.86. The molecule has 0 fully saturated rings. The Morgan fingerprint density at radius 3 is 2.55 bits per heavy atom. The molecule has 0 aliphatic heterocycles. The van der Waals surface area contributed by atoms with Crippen LogP contribution in [0.15, 0.2) is 47.8 Å². The molecule has 0 N–H and O–H groups in total. The molecule has 0 spiro atoms. The summed E-state index contributed by atoms with van der Waals surface area (Å²) in [7, 11) is 3.12. The summed E-state index contributed by atoms with van der Waals surface area (Å²) in [6.45, 7) is 3.98. The van der Waals surface area contributed by atoms with Crippen LogP contribution in [0.1, 0.15) is 5.56 Å². The Hall–Kier alpha value is -3.00. The van der Waals surface area contributed by atoms with E-state index in [9.17, 15) is 4.79 Å². The summed E-state index contributed by atoms with van der Waals surface area (Å²) in [5.41, 5.74) is 1.24. The highest BCUT2D eigenvalue weighted by molar-refractivity contribution is 5.65. The van der Waals surface area contributed by atoms with Gasteiger partial charge in [0.2, 0.25) is 0 Å². The van der Waals surface area contributed by atoms with Crippen molar-refractivity contribution in [1.29, 1.82) is 5.26 Å². The minimum atomic E-state index is -0.338. The van der Waals surface area contributed by atoms with E-state index < -0.39 is 0 Å². The lowest BCUT2D eigenvalue weighted by Crippen LogP contribution is -2.23. The second-order valence-corrected chi connectivity index (χ2v) is 4.52. The number of allylic oxidation sites excluding steroid dienone is 1. The SMILES string of the molecule is C=CCn1c(-c2ccc(OC)c(OC)c2)ccc(C#N)c1=O. The van der Waals surface area contributed by atoms with Crippen molar-refractivity contribution in [3.8, 4) is 28.8 Å². The zero-order valence-corrected chi connectivity index (χ0v) is 12.5. The highest BCUT2D eigenvalue weighted by Gasteiger charge is 2.12. The maximum atomic E-state index is 12.3. The third-order valence-corrected chi connectivity index (χ3v) is 3.29. The van der Waals surface area contributed by atoms with Gasteiger partial charge in [0, 0.05) is 12.1 Å². The zero-order valence-electron chi connectivity index (χ0n) is 12.5. The minimum Gasteiger partial charge on any atom is -0.493 e. The molecule has 22 heavy (non-hydrogen) atoms. The first kappa shape index (κ1) is 15.4. The van der Waals surface area contributed by atoms with Crippen molar-refractivity contribution < 1.29 is 9.47 Å². The van der Waals surface area contributed by atoms with Crippen LogP contribution in [0.5, 0.6) is 11.5 Å². The molecule has 0 aliphatic rings. The van der Waals surface area contributed by atoms with Crippen LogP contribution in [-0.2, 0) is 6.54 Å². The van der Waals surface area contributed by atoms with E-state index in [0.717, 1.165) is 5.56 Å². The number of methoxy groups -OCH3 is 2. The molecule has 0 unspecified atom stereocenters. The van der Waals surface area contributed by atoms with Crippen molar-refractivity contribution >= 4 is 0 Å². The van der Waals surface area contributed by atoms with E-state index in [2.05, 4.69) is 6.58 Å². The second kappa shape index (κ2) is 6.64. The number of hydrogen-bond donors (Lipinski definition) is 0. The predicted molar refractivity (Wildman–Crippen MR) is 84.2 cm³/mol. The molecule has 2 aromatic rings. The molecule has 5 heteroatoms. The quantitative estimate of drug-likeness (QED) is 0.796. The highest BCUT2D eigenvalue weighted by atomic mass is 16.5. The molecule has 0 atom stereocenters. The van der Waals surface area contributed by atoms with Crippen molar-refractivity contribution in [2.45, 2.75) is 6.54 Å². The van der Waals surface area contributed by atoms with Crippen LogP contribution in [0, 0.1) is 11.3 Å². The van der Waals surface area contributed by atoms with Crippen LogP contribution in [0.2, 0.25) is 0 Å². The molecule has 5 nitrogen and oxygen atoms in total. The molecule has 0 amide bonds. The van der Waals surface area contributed by atoms with Gasteiger partial charge in [-0.25, -0.2) is 0 Å². The summed E-state index contributed by atoms with van der Waals surface area (Å²) in [6, 6.07) is 10.6. The lowest BCUT2D eigenvalue weighted by Gasteiger charge is -2.14. The number of rotatable bonds is 5. The van der Waals surface area contributed by atoms with Crippen LogP contribution in [-0.4, -0.2) is 18.8 Å². The minimum absolute atomic E-state index is 0.103. The summed E-state index contributed by atoms with van der Waals surface area (Å²) < 4.78 is 12.0. The van der Waals surface area contributed by atoms with Crippen LogP contribution >= 0.6 is 0 Å². The van der Waals surface area contributed by atoms with Gasteiger partial charge in [0.15, 0.2) is 11.5 Å². The lowest BCUT2D eigenvalue weighted by molar-refractivity contribution is 0.355. The van der Waals surface area contributed by atoms with Gasteiger partial charge in [-0.15, -0.1) is 6.58 Å². The van der Waals surface area contributed by atoms with Gasteiger partial charge in [-0.1, -0.05) is 6.08 Å². The van der Waals surface area contributed by atoms with Crippen molar-refractivity contribution in [3.63, 3.8) is 0 Å². The number of nitriles is 1. The first-order chi connectivity index (χ1) is 10.7. The van der Waals surface area contributed by atoms with Crippen molar-refractivity contribution in [1.82, 2.24) is 4.57 Å². The van der Waals surface area contributed by atoms with E-state index in [1.165, 1.54) is 10.6 Å². The Labute approximate surface area is 128 Å². The van der Waals surface area contributed by atoms with E-state index in [-0.39, 0.29) is 11.1 Å². The fourth-order valence-electron chi connectivity index (χ4n) is 2.22. The van der Waals surface area contributed by atoms with Crippen LogP contribution < -0.4 is 15.0 Å². The van der Waals surface area contributed by atoms with Crippen molar-refractivity contribution in [2.24, 2.45) is 0 Å². The van der Waals surface area contributed by atoms with Crippen LogP contribution in [0.4, 0.5) is 0 Å². The lowest BCUT2D eigenvalue weighted by atomic mass is 10.1. The smallest absolute Gasteiger partial charge is 0.269 e. The molecule has 0 saturated heterocycles. The third-order valence-electron chi connectivity index (χ3n) is 3.29. The first-order valence-electron chi connectivity index (χ1n) is 6.63. The van der Waals surface area contributed by atoms with Crippen molar-refractivity contribution in [3.05, 3.63) is 58.9 Å². The van der Waals surface area contributed by atoms with E-state index in [1.807, 2.05) is 12.1 Å². The number of benzene rings is 1. The van der Waals surface area contributed by atoms with Gasteiger partial charge in [-0.2, -0.15) is 5.26 Å². The van der Waals surface area contributed by atoms with Gasteiger partial charge in [-0.05, 0) is 30.3 Å². The van der Waals surface area contributed by atoms with Crippen molar-refractivity contribution in [2.75, 3.05) is 14.2 Å². The zero-order chi connectivity index (χ0) is 16.1. The Bertz CT molecular complexity index is 801. The predicted octanol–water partition coefficient (Wildman–Crippen LogP) is 2.59. The second-order valence-electron chi connectivity index (χ2n) is 4.52. The summed E-state index contributed by atoms with van der Waals surface area (Å²) >= 11 is 0. The van der Waals surface area contributed by atoms with E-state index in [0.29, 0.717) is 23.7 Å². The fraction of sp³-hybridized carbons (Fsp3) is 0.176. The molecule has 0 saturated carbocycles. The topological polar surface area (TPSA) is 64.2 Å². The van der Waals surface area contributed by atoms with Crippen LogP contribution in [0.3, 0.4) is 0 Å².